The molecule has 0 unspecified atom stereocenters. The van der Waals surface area contributed by atoms with Gasteiger partial charge in [0.2, 0.25) is 0 Å². The van der Waals surface area contributed by atoms with Crippen LogP contribution in [0.25, 0.3) is 0 Å². The first-order chi connectivity index (χ1) is 12.7. The van der Waals surface area contributed by atoms with Crippen LogP contribution >= 0.6 is 12.2 Å². The summed E-state index contributed by atoms with van der Waals surface area (Å²) in [6.07, 6.45) is 9.95. The maximum Gasteiger partial charge on any atom is 0.174 e. The number of rotatable bonds is 5. The van der Waals surface area contributed by atoms with E-state index >= 15 is 0 Å². The average Bonchev–Trinajstić information content (AvgIpc) is 2.70. The summed E-state index contributed by atoms with van der Waals surface area (Å²) in [6, 6.07) is 12.6. The van der Waals surface area contributed by atoms with Gasteiger partial charge in [-0.2, -0.15) is 0 Å². The molecule has 1 N–H and O–H groups in total. The van der Waals surface area contributed by atoms with Crippen molar-refractivity contribution in [2.45, 2.75) is 51.1 Å². The lowest BCUT2D eigenvalue weighted by Gasteiger charge is -2.40. The van der Waals surface area contributed by atoms with Crippen LogP contribution < -0.4 is 10.1 Å². The zero-order valence-electron chi connectivity index (χ0n) is 15.5. The highest BCUT2D eigenvalue weighted by Crippen LogP contribution is 2.32. The van der Waals surface area contributed by atoms with Gasteiger partial charge in [0.25, 0.3) is 0 Å². The van der Waals surface area contributed by atoms with Gasteiger partial charge in [0.15, 0.2) is 5.11 Å². The summed E-state index contributed by atoms with van der Waals surface area (Å²) in [4.78, 5) is 6.65. The first kappa shape index (κ1) is 18.6. The summed E-state index contributed by atoms with van der Waals surface area (Å²) in [7, 11) is 1.68. The van der Waals surface area contributed by atoms with Crippen molar-refractivity contribution in [1.82, 2.24) is 9.88 Å². The fourth-order valence-electron chi connectivity index (χ4n) is 3.73. The molecule has 138 valence electrons. The topological polar surface area (TPSA) is 37.4 Å². The Morgan fingerprint density at radius 1 is 1.19 bits per heavy atom. The van der Waals surface area contributed by atoms with Gasteiger partial charge in [-0.15, -0.1) is 0 Å². The summed E-state index contributed by atoms with van der Waals surface area (Å²) < 4.78 is 5.47. The smallest absolute Gasteiger partial charge is 0.174 e. The van der Waals surface area contributed by atoms with Gasteiger partial charge in [-0.1, -0.05) is 37.5 Å². The highest BCUT2D eigenvalue weighted by molar-refractivity contribution is 7.80. The van der Waals surface area contributed by atoms with E-state index in [9.17, 15) is 0 Å². The first-order valence-corrected chi connectivity index (χ1v) is 9.74. The van der Waals surface area contributed by atoms with Gasteiger partial charge >= 0.3 is 0 Å². The summed E-state index contributed by atoms with van der Waals surface area (Å²) in [5.41, 5.74) is 2.08. The number of aromatic nitrogens is 1. The second-order valence-electron chi connectivity index (χ2n) is 6.79. The van der Waals surface area contributed by atoms with Crippen molar-refractivity contribution in [3.63, 3.8) is 0 Å². The molecule has 1 fully saturated rings. The molecule has 1 aromatic heterocycles. The van der Waals surface area contributed by atoms with Crippen LogP contribution in [0, 0.1) is 0 Å². The van der Waals surface area contributed by atoms with Crippen molar-refractivity contribution in [3.05, 3.63) is 54.4 Å². The number of nitrogens with one attached hydrogen (secondary N) is 1. The summed E-state index contributed by atoms with van der Waals surface area (Å²) in [6.45, 7) is 2.21. The summed E-state index contributed by atoms with van der Waals surface area (Å²) >= 11 is 5.86. The van der Waals surface area contributed by atoms with Crippen LogP contribution in [-0.4, -0.2) is 28.1 Å². The third kappa shape index (κ3) is 4.33. The molecule has 1 aliphatic carbocycles. The molecule has 0 aliphatic heterocycles. The first-order valence-electron chi connectivity index (χ1n) is 9.33. The molecular weight excluding hydrogens is 342 g/mol. The molecule has 5 heteroatoms. The minimum Gasteiger partial charge on any atom is -0.495 e. The molecule has 0 bridgehead atoms. The van der Waals surface area contributed by atoms with E-state index in [2.05, 4.69) is 28.2 Å². The predicted octanol–water partition coefficient (Wildman–Crippen LogP) is 5.18. The van der Waals surface area contributed by atoms with E-state index in [1.807, 2.05) is 42.7 Å². The molecule has 0 radical (unpaired) electrons. The Labute approximate surface area is 161 Å². The number of hydrogen-bond donors (Lipinski definition) is 1. The maximum absolute atomic E-state index is 5.86. The Morgan fingerprint density at radius 3 is 2.65 bits per heavy atom. The minimum absolute atomic E-state index is 0.168. The highest BCUT2D eigenvalue weighted by atomic mass is 32.1. The molecule has 1 saturated carbocycles. The Kier molecular flexibility index (Phi) is 6.45. The summed E-state index contributed by atoms with van der Waals surface area (Å²) in [5.74, 6) is 0.799. The number of benzene rings is 1. The third-order valence-electron chi connectivity index (χ3n) is 5.14. The molecule has 1 aliphatic rings. The van der Waals surface area contributed by atoms with Crippen LogP contribution in [0.15, 0.2) is 48.8 Å². The third-order valence-corrected chi connectivity index (χ3v) is 5.45. The van der Waals surface area contributed by atoms with Gasteiger partial charge in [-0.3, -0.25) is 4.98 Å². The van der Waals surface area contributed by atoms with Crippen molar-refractivity contribution in [1.29, 1.82) is 0 Å². The Hall–Kier alpha value is -2.14. The van der Waals surface area contributed by atoms with Crippen molar-refractivity contribution in [3.8, 4) is 5.75 Å². The molecule has 4 nitrogen and oxygen atoms in total. The molecule has 1 atom stereocenters. The second kappa shape index (κ2) is 8.99. The lowest BCUT2D eigenvalue weighted by molar-refractivity contribution is 0.203. The molecule has 0 spiro atoms. The van der Waals surface area contributed by atoms with E-state index in [0.29, 0.717) is 6.04 Å². The van der Waals surface area contributed by atoms with Crippen LogP contribution in [0.2, 0.25) is 0 Å². The molecule has 2 aromatic rings. The Balaban J connectivity index is 1.85. The Bertz CT molecular complexity index is 716. The number of nitrogens with zero attached hydrogens (tertiary/aromatic N) is 2. The lowest BCUT2D eigenvalue weighted by atomic mass is 9.92. The minimum atomic E-state index is 0.168. The van der Waals surface area contributed by atoms with Crippen molar-refractivity contribution >= 4 is 23.0 Å². The number of hydrogen-bond acceptors (Lipinski definition) is 3. The van der Waals surface area contributed by atoms with Gasteiger partial charge in [0.1, 0.15) is 5.75 Å². The Morgan fingerprint density at radius 2 is 1.96 bits per heavy atom. The van der Waals surface area contributed by atoms with Gasteiger partial charge in [0.05, 0.1) is 18.8 Å². The largest absolute Gasteiger partial charge is 0.495 e. The number of para-hydroxylation sites is 2. The van der Waals surface area contributed by atoms with E-state index in [0.717, 1.165) is 16.5 Å². The van der Waals surface area contributed by atoms with E-state index in [1.54, 1.807) is 7.11 Å². The van der Waals surface area contributed by atoms with E-state index in [1.165, 1.54) is 37.7 Å². The van der Waals surface area contributed by atoms with Crippen molar-refractivity contribution < 1.29 is 4.74 Å². The zero-order chi connectivity index (χ0) is 18.4. The average molecular weight is 370 g/mol. The zero-order valence-corrected chi connectivity index (χ0v) is 16.3. The highest BCUT2D eigenvalue weighted by Gasteiger charge is 2.28. The molecule has 1 heterocycles. The van der Waals surface area contributed by atoms with Gasteiger partial charge in [-0.25, -0.2) is 0 Å². The van der Waals surface area contributed by atoms with E-state index in [-0.39, 0.29) is 6.04 Å². The van der Waals surface area contributed by atoms with Crippen LogP contribution in [0.1, 0.15) is 50.6 Å². The van der Waals surface area contributed by atoms with Crippen LogP contribution in [0.5, 0.6) is 5.75 Å². The fourth-order valence-corrected chi connectivity index (χ4v) is 4.15. The van der Waals surface area contributed by atoms with Gasteiger partial charge in [0, 0.05) is 18.4 Å². The molecule has 26 heavy (non-hydrogen) atoms. The predicted molar refractivity (Wildman–Crippen MR) is 111 cm³/mol. The van der Waals surface area contributed by atoms with E-state index < -0.39 is 0 Å². The molecule has 0 amide bonds. The monoisotopic (exact) mass is 369 g/mol. The van der Waals surface area contributed by atoms with Gasteiger partial charge < -0.3 is 15.0 Å². The number of anilines is 1. The normalized spacial score (nSPS) is 15.9. The standard InChI is InChI=1S/C21H27N3OS/c1-16(17-9-8-14-22-15-17)24(18-10-4-3-5-11-18)21(26)23-19-12-6-7-13-20(19)25-2/h6-9,12-16,18H,3-5,10-11H2,1-2H3,(H,23,26)/t16-/m0/s1. The molecule has 1 aromatic carbocycles. The maximum atomic E-state index is 5.86. The number of pyridine rings is 1. The number of methoxy groups -OCH3 is 1. The molecular formula is C21H27N3OS. The second-order valence-corrected chi connectivity index (χ2v) is 7.18. The SMILES string of the molecule is COc1ccccc1NC(=S)N(C1CCCCC1)[C@@H](C)c1cccnc1. The van der Waals surface area contributed by atoms with E-state index in [4.69, 9.17) is 17.0 Å². The van der Waals surface area contributed by atoms with Gasteiger partial charge in [-0.05, 0) is 55.7 Å². The van der Waals surface area contributed by atoms with Crippen LogP contribution in [0.4, 0.5) is 5.69 Å². The fraction of sp³-hybridized carbons (Fsp3) is 0.429. The van der Waals surface area contributed by atoms with Crippen molar-refractivity contribution in [2.24, 2.45) is 0 Å². The lowest BCUT2D eigenvalue weighted by Crippen LogP contribution is -2.45. The van der Waals surface area contributed by atoms with Crippen LogP contribution in [0.3, 0.4) is 0 Å². The quantitative estimate of drug-likeness (QED) is 0.735. The van der Waals surface area contributed by atoms with Crippen molar-refractivity contribution in [2.75, 3.05) is 12.4 Å². The number of ether oxygens (including phenoxy) is 1. The molecule has 0 saturated heterocycles. The van der Waals surface area contributed by atoms with Crippen LogP contribution in [-0.2, 0) is 0 Å². The summed E-state index contributed by atoms with van der Waals surface area (Å²) in [5, 5.41) is 4.17. The molecule has 3 rings (SSSR count). The number of thiocarbonyl (C=S) groups is 1.